The molecule has 0 aliphatic rings. The molecule has 9 nitrogen and oxygen atoms in total. The minimum Gasteiger partial charge on any atom is -0.459 e. The van der Waals surface area contributed by atoms with Crippen LogP contribution in [0.15, 0.2) is 50.3 Å². The first-order valence-corrected chi connectivity index (χ1v) is 7.90. The first kappa shape index (κ1) is 15.9. The van der Waals surface area contributed by atoms with Crippen LogP contribution in [-0.4, -0.2) is 25.6 Å². The normalized spacial score (nSPS) is 12.4. The standard InChI is InChI=1S/C17H15N5O4/c1-9(18-15(23)13-4-3-7-25-13)16-20-14(21-26-16)10-5-6-12-11(8-10)19-17(24)22(12)2/h3-9H,1-2H3,(H,18,23)(H,19,24)/t9-/m1/s1. The Bertz CT molecular complexity index is 1140. The fraction of sp³-hybridized carbons (Fsp3) is 0.176. The van der Waals surface area contributed by atoms with Crippen molar-refractivity contribution in [3.8, 4) is 11.4 Å². The number of nitrogens with one attached hydrogen (secondary N) is 2. The lowest BCUT2D eigenvalue weighted by Gasteiger charge is -2.07. The molecule has 0 saturated heterocycles. The zero-order chi connectivity index (χ0) is 18.3. The van der Waals surface area contributed by atoms with Crippen LogP contribution in [0.2, 0.25) is 0 Å². The molecule has 0 aliphatic carbocycles. The monoisotopic (exact) mass is 353 g/mol. The summed E-state index contributed by atoms with van der Waals surface area (Å²) in [5, 5.41) is 6.68. The van der Waals surface area contributed by atoms with E-state index in [1.54, 1.807) is 44.3 Å². The highest BCUT2D eigenvalue weighted by molar-refractivity contribution is 5.91. The summed E-state index contributed by atoms with van der Waals surface area (Å²) in [5.74, 6) is 0.466. The number of hydrogen-bond acceptors (Lipinski definition) is 6. The fourth-order valence-electron chi connectivity index (χ4n) is 2.64. The van der Waals surface area contributed by atoms with Crippen molar-refractivity contribution in [2.45, 2.75) is 13.0 Å². The number of amides is 1. The van der Waals surface area contributed by atoms with Gasteiger partial charge in [0.2, 0.25) is 11.7 Å². The second-order valence-corrected chi connectivity index (χ2v) is 5.85. The topological polar surface area (TPSA) is 119 Å². The number of carbonyl (C=O) groups is 1. The number of rotatable bonds is 4. The van der Waals surface area contributed by atoms with Crippen molar-refractivity contribution in [3.05, 3.63) is 58.7 Å². The summed E-state index contributed by atoms with van der Waals surface area (Å²) in [6, 6.07) is 8.09. The molecule has 4 rings (SSSR count). The number of imidazole rings is 1. The molecule has 0 radical (unpaired) electrons. The van der Waals surface area contributed by atoms with Gasteiger partial charge in [-0.05, 0) is 37.3 Å². The van der Waals surface area contributed by atoms with Gasteiger partial charge in [0.1, 0.15) is 6.04 Å². The Morgan fingerprint density at radius 2 is 2.19 bits per heavy atom. The van der Waals surface area contributed by atoms with Gasteiger partial charge in [0, 0.05) is 12.6 Å². The SMILES string of the molecule is C[C@@H](NC(=O)c1ccco1)c1nc(-c2ccc3c(c2)[nH]c(=O)n3C)no1. The highest BCUT2D eigenvalue weighted by Crippen LogP contribution is 2.22. The van der Waals surface area contributed by atoms with Crippen molar-refractivity contribution in [2.75, 3.05) is 0 Å². The minimum atomic E-state index is -0.492. The Morgan fingerprint density at radius 3 is 2.96 bits per heavy atom. The number of H-pyrrole nitrogens is 1. The summed E-state index contributed by atoms with van der Waals surface area (Å²) in [4.78, 5) is 30.8. The third kappa shape index (κ3) is 2.69. The smallest absolute Gasteiger partial charge is 0.326 e. The Labute approximate surface area is 146 Å². The van der Waals surface area contributed by atoms with Gasteiger partial charge in [0.05, 0.1) is 17.3 Å². The molecule has 3 heterocycles. The second kappa shape index (κ2) is 6.03. The quantitative estimate of drug-likeness (QED) is 0.579. The maximum Gasteiger partial charge on any atom is 0.326 e. The third-order valence-corrected chi connectivity index (χ3v) is 4.07. The van der Waals surface area contributed by atoms with Crippen molar-refractivity contribution in [1.29, 1.82) is 0 Å². The van der Waals surface area contributed by atoms with Crippen LogP contribution in [0.3, 0.4) is 0 Å². The second-order valence-electron chi connectivity index (χ2n) is 5.85. The molecular weight excluding hydrogens is 338 g/mol. The molecule has 0 spiro atoms. The van der Waals surface area contributed by atoms with Gasteiger partial charge in [-0.15, -0.1) is 0 Å². The van der Waals surface area contributed by atoms with E-state index in [2.05, 4.69) is 20.4 Å². The van der Waals surface area contributed by atoms with Crippen LogP contribution in [0.4, 0.5) is 0 Å². The Morgan fingerprint density at radius 1 is 1.35 bits per heavy atom. The van der Waals surface area contributed by atoms with E-state index >= 15 is 0 Å². The van der Waals surface area contributed by atoms with E-state index in [1.807, 2.05) is 0 Å². The van der Waals surface area contributed by atoms with Crippen LogP contribution in [0.5, 0.6) is 0 Å². The zero-order valence-electron chi connectivity index (χ0n) is 14.0. The maximum absolute atomic E-state index is 12.0. The van der Waals surface area contributed by atoms with Gasteiger partial charge in [-0.2, -0.15) is 4.98 Å². The average molecular weight is 353 g/mol. The molecule has 0 saturated carbocycles. The number of benzene rings is 1. The van der Waals surface area contributed by atoms with Crippen molar-refractivity contribution >= 4 is 16.9 Å². The zero-order valence-corrected chi connectivity index (χ0v) is 14.0. The number of aromatic nitrogens is 4. The molecule has 0 unspecified atom stereocenters. The summed E-state index contributed by atoms with van der Waals surface area (Å²) in [6.07, 6.45) is 1.43. The molecule has 0 aliphatic heterocycles. The fourth-order valence-corrected chi connectivity index (χ4v) is 2.64. The van der Waals surface area contributed by atoms with Crippen molar-refractivity contribution in [2.24, 2.45) is 7.05 Å². The van der Waals surface area contributed by atoms with E-state index in [4.69, 9.17) is 8.94 Å². The van der Waals surface area contributed by atoms with Gasteiger partial charge < -0.3 is 19.2 Å². The molecule has 1 atom stereocenters. The van der Waals surface area contributed by atoms with Crippen LogP contribution in [0.25, 0.3) is 22.4 Å². The lowest BCUT2D eigenvalue weighted by atomic mass is 10.2. The number of nitrogens with zero attached hydrogens (tertiary/aromatic N) is 3. The molecule has 1 amide bonds. The van der Waals surface area contributed by atoms with Crippen LogP contribution >= 0.6 is 0 Å². The molecule has 3 aromatic heterocycles. The van der Waals surface area contributed by atoms with Crippen LogP contribution < -0.4 is 11.0 Å². The number of furan rings is 1. The van der Waals surface area contributed by atoms with E-state index in [1.165, 1.54) is 10.8 Å². The molecule has 0 fully saturated rings. The summed E-state index contributed by atoms with van der Waals surface area (Å²) in [5.41, 5.74) is 1.96. The third-order valence-electron chi connectivity index (χ3n) is 4.07. The van der Waals surface area contributed by atoms with Gasteiger partial charge in [0.15, 0.2) is 5.76 Å². The Kier molecular flexibility index (Phi) is 3.68. The number of hydrogen-bond donors (Lipinski definition) is 2. The molecule has 9 heteroatoms. The number of aryl methyl sites for hydroxylation is 1. The van der Waals surface area contributed by atoms with Gasteiger partial charge in [0.25, 0.3) is 5.91 Å². The predicted molar refractivity (Wildman–Crippen MR) is 91.4 cm³/mol. The van der Waals surface area contributed by atoms with E-state index in [0.29, 0.717) is 16.9 Å². The molecule has 2 N–H and O–H groups in total. The molecule has 1 aromatic carbocycles. The predicted octanol–water partition coefficient (Wildman–Crippen LogP) is 2.00. The van der Waals surface area contributed by atoms with Gasteiger partial charge in [-0.1, -0.05) is 5.16 Å². The van der Waals surface area contributed by atoms with Crippen LogP contribution in [-0.2, 0) is 7.05 Å². The highest BCUT2D eigenvalue weighted by Gasteiger charge is 2.19. The van der Waals surface area contributed by atoms with Crippen molar-refractivity contribution in [3.63, 3.8) is 0 Å². The first-order chi connectivity index (χ1) is 12.5. The van der Waals surface area contributed by atoms with Crippen molar-refractivity contribution < 1.29 is 13.7 Å². The van der Waals surface area contributed by atoms with Crippen molar-refractivity contribution in [1.82, 2.24) is 25.0 Å². The molecule has 0 bridgehead atoms. The Hall–Kier alpha value is -3.62. The lowest BCUT2D eigenvalue weighted by Crippen LogP contribution is -2.26. The highest BCUT2D eigenvalue weighted by atomic mass is 16.5. The maximum atomic E-state index is 12.0. The minimum absolute atomic E-state index is 0.194. The molecule has 132 valence electrons. The molecule has 4 aromatic rings. The van der Waals surface area contributed by atoms with Gasteiger partial charge in [-0.3, -0.25) is 9.36 Å². The van der Waals surface area contributed by atoms with E-state index in [0.717, 1.165) is 5.52 Å². The number of carbonyl (C=O) groups excluding carboxylic acids is 1. The van der Waals surface area contributed by atoms with E-state index < -0.39 is 6.04 Å². The number of aromatic amines is 1. The van der Waals surface area contributed by atoms with Crippen LogP contribution in [0, 0.1) is 0 Å². The van der Waals surface area contributed by atoms with E-state index in [-0.39, 0.29) is 23.2 Å². The number of fused-ring (bicyclic) bond motifs is 1. The average Bonchev–Trinajstić information content (AvgIpc) is 3.36. The first-order valence-electron chi connectivity index (χ1n) is 7.90. The summed E-state index contributed by atoms with van der Waals surface area (Å²) < 4.78 is 11.8. The van der Waals surface area contributed by atoms with Gasteiger partial charge >= 0.3 is 5.69 Å². The molecule has 26 heavy (non-hydrogen) atoms. The summed E-state index contributed by atoms with van der Waals surface area (Å²) >= 11 is 0. The Balaban J connectivity index is 1.57. The van der Waals surface area contributed by atoms with Crippen LogP contribution in [0.1, 0.15) is 29.4 Å². The lowest BCUT2D eigenvalue weighted by molar-refractivity contribution is 0.0904. The largest absolute Gasteiger partial charge is 0.459 e. The summed E-state index contributed by atoms with van der Waals surface area (Å²) in [6.45, 7) is 1.73. The summed E-state index contributed by atoms with van der Waals surface area (Å²) in [7, 11) is 1.69. The van der Waals surface area contributed by atoms with E-state index in [9.17, 15) is 9.59 Å². The van der Waals surface area contributed by atoms with Gasteiger partial charge in [-0.25, -0.2) is 4.79 Å². The molecular formula is C17H15N5O4.